The second-order valence-electron chi connectivity index (χ2n) is 4.52. The average molecular weight is 239 g/mol. The molecule has 1 fully saturated rings. The Morgan fingerprint density at radius 2 is 2.00 bits per heavy atom. The van der Waals surface area contributed by atoms with Gasteiger partial charge in [-0.3, -0.25) is 9.48 Å². The lowest BCUT2D eigenvalue weighted by Gasteiger charge is -2.15. The van der Waals surface area contributed by atoms with Crippen molar-refractivity contribution in [1.29, 1.82) is 0 Å². The number of nitrogens with zero attached hydrogens (tertiary/aromatic N) is 3. The number of aliphatic hydroxyl groups excluding tert-OH is 2. The molecule has 6 nitrogen and oxygen atoms in total. The Morgan fingerprint density at radius 1 is 1.41 bits per heavy atom. The summed E-state index contributed by atoms with van der Waals surface area (Å²) in [5.74, 6) is -0.133. The standard InChI is InChI=1S/C11H17N3O3/c1-7-3-8(2)14(12-7)6-11(17)13-4-9(15)10(16)5-13/h3,9-10,15-16H,4-6H2,1-2H3. The van der Waals surface area contributed by atoms with Crippen LogP contribution in [-0.2, 0) is 11.3 Å². The molecular formula is C11H17N3O3. The summed E-state index contributed by atoms with van der Waals surface area (Å²) in [5, 5.41) is 23.0. The summed E-state index contributed by atoms with van der Waals surface area (Å²) in [6.07, 6.45) is -1.67. The molecule has 2 unspecified atom stereocenters. The molecule has 1 saturated heterocycles. The van der Waals surface area contributed by atoms with Crippen molar-refractivity contribution in [3.05, 3.63) is 17.5 Å². The number of aliphatic hydroxyl groups is 2. The van der Waals surface area contributed by atoms with Gasteiger partial charge >= 0.3 is 0 Å². The molecule has 94 valence electrons. The fourth-order valence-corrected chi connectivity index (χ4v) is 2.04. The highest BCUT2D eigenvalue weighted by molar-refractivity contribution is 5.76. The van der Waals surface area contributed by atoms with Gasteiger partial charge in [0.05, 0.1) is 17.9 Å². The Kier molecular flexibility index (Phi) is 3.17. The van der Waals surface area contributed by atoms with Crippen LogP contribution < -0.4 is 0 Å². The molecule has 0 radical (unpaired) electrons. The van der Waals surface area contributed by atoms with Crippen molar-refractivity contribution in [1.82, 2.24) is 14.7 Å². The molecule has 1 aliphatic heterocycles. The number of carbonyl (C=O) groups excluding carboxylic acids is 1. The van der Waals surface area contributed by atoms with Gasteiger partial charge in [0.2, 0.25) is 5.91 Å². The average Bonchev–Trinajstić information content (AvgIpc) is 2.72. The van der Waals surface area contributed by atoms with Crippen LogP contribution in [-0.4, -0.2) is 56.1 Å². The molecule has 0 saturated carbocycles. The first kappa shape index (κ1) is 12.1. The Morgan fingerprint density at radius 3 is 2.47 bits per heavy atom. The highest BCUT2D eigenvalue weighted by Crippen LogP contribution is 2.11. The maximum Gasteiger partial charge on any atom is 0.244 e. The fraction of sp³-hybridized carbons (Fsp3) is 0.636. The molecule has 1 amide bonds. The smallest absolute Gasteiger partial charge is 0.244 e. The summed E-state index contributed by atoms with van der Waals surface area (Å²) in [7, 11) is 0. The Hall–Kier alpha value is -1.40. The number of hydrogen-bond acceptors (Lipinski definition) is 4. The molecule has 2 rings (SSSR count). The highest BCUT2D eigenvalue weighted by Gasteiger charge is 2.32. The van der Waals surface area contributed by atoms with Crippen LogP contribution in [0.15, 0.2) is 6.07 Å². The lowest BCUT2D eigenvalue weighted by molar-refractivity contribution is -0.131. The number of hydrogen-bond donors (Lipinski definition) is 2. The first-order valence-electron chi connectivity index (χ1n) is 5.62. The van der Waals surface area contributed by atoms with Gasteiger partial charge in [0, 0.05) is 18.8 Å². The predicted molar refractivity (Wildman–Crippen MR) is 60.3 cm³/mol. The zero-order chi connectivity index (χ0) is 12.6. The highest BCUT2D eigenvalue weighted by atomic mass is 16.3. The molecule has 0 aliphatic carbocycles. The van der Waals surface area contributed by atoms with Crippen molar-refractivity contribution < 1.29 is 15.0 Å². The largest absolute Gasteiger partial charge is 0.388 e. The van der Waals surface area contributed by atoms with Crippen molar-refractivity contribution in [2.45, 2.75) is 32.6 Å². The van der Waals surface area contributed by atoms with Crippen LogP contribution in [0.2, 0.25) is 0 Å². The number of likely N-dealkylation sites (tertiary alicyclic amines) is 1. The van der Waals surface area contributed by atoms with E-state index in [0.717, 1.165) is 11.4 Å². The number of aryl methyl sites for hydroxylation is 2. The normalized spacial score (nSPS) is 24.4. The zero-order valence-electron chi connectivity index (χ0n) is 10.00. The van der Waals surface area contributed by atoms with Crippen molar-refractivity contribution in [3.8, 4) is 0 Å². The summed E-state index contributed by atoms with van der Waals surface area (Å²) in [4.78, 5) is 13.4. The van der Waals surface area contributed by atoms with E-state index in [4.69, 9.17) is 0 Å². The molecule has 2 heterocycles. The number of aromatic nitrogens is 2. The molecule has 2 atom stereocenters. The number of amides is 1. The summed E-state index contributed by atoms with van der Waals surface area (Å²) >= 11 is 0. The van der Waals surface area contributed by atoms with Crippen LogP contribution in [0, 0.1) is 13.8 Å². The minimum atomic E-state index is -0.834. The van der Waals surface area contributed by atoms with Crippen molar-refractivity contribution in [2.24, 2.45) is 0 Å². The monoisotopic (exact) mass is 239 g/mol. The molecule has 0 bridgehead atoms. The topological polar surface area (TPSA) is 78.6 Å². The molecule has 0 aromatic carbocycles. The molecule has 6 heteroatoms. The number of carbonyl (C=O) groups is 1. The SMILES string of the molecule is Cc1cc(C)n(CC(=O)N2CC(O)C(O)C2)n1. The molecule has 17 heavy (non-hydrogen) atoms. The van der Waals surface area contributed by atoms with Gasteiger partial charge in [-0.25, -0.2) is 0 Å². The van der Waals surface area contributed by atoms with E-state index >= 15 is 0 Å². The summed E-state index contributed by atoms with van der Waals surface area (Å²) in [6.45, 7) is 4.30. The van der Waals surface area contributed by atoms with Gasteiger partial charge in [-0.1, -0.05) is 0 Å². The first-order valence-corrected chi connectivity index (χ1v) is 5.62. The summed E-state index contributed by atoms with van der Waals surface area (Å²) in [5.41, 5.74) is 1.80. The van der Waals surface area contributed by atoms with Gasteiger partial charge in [0.1, 0.15) is 6.54 Å². The van der Waals surface area contributed by atoms with E-state index in [0.29, 0.717) is 0 Å². The maximum atomic E-state index is 11.9. The van der Waals surface area contributed by atoms with E-state index in [2.05, 4.69) is 5.10 Å². The van der Waals surface area contributed by atoms with Gasteiger partial charge in [0.15, 0.2) is 0 Å². The lowest BCUT2D eigenvalue weighted by Crippen LogP contribution is -2.33. The third-order valence-corrected chi connectivity index (χ3v) is 3.00. The van der Waals surface area contributed by atoms with E-state index < -0.39 is 12.2 Å². The predicted octanol–water partition coefficient (Wildman–Crippen LogP) is -0.936. The van der Waals surface area contributed by atoms with Gasteiger partial charge in [-0.15, -0.1) is 0 Å². The minimum Gasteiger partial charge on any atom is -0.388 e. The van der Waals surface area contributed by atoms with Crippen molar-refractivity contribution in [2.75, 3.05) is 13.1 Å². The molecule has 0 spiro atoms. The van der Waals surface area contributed by atoms with E-state index in [1.165, 1.54) is 4.90 Å². The van der Waals surface area contributed by atoms with Crippen molar-refractivity contribution >= 4 is 5.91 Å². The molecular weight excluding hydrogens is 222 g/mol. The Balaban J connectivity index is 2.00. The van der Waals surface area contributed by atoms with E-state index in [1.807, 2.05) is 19.9 Å². The molecule has 1 aliphatic rings. The van der Waals surface area contributed by atoms with Gasteiger partial charge in [0.25, 0.3) is 0 Å². The van der Waals surface area contributed by atoms with Crippen LogP contribution in [0.5, 0.6) is 0 Å². The Labute approximate surface area is 99.5 Å². The Bertz CT molecular complexity index is 420. The van der Waals surface area contributed by atoms with Gasteiger partial charge in [-0.05, 0) is 19.9 Å². The number of rotatable bonds is 2. The van der Waals surface area contributed by atoms with Crippen LogP contribution in [0.4, 0.5) is 0 Å². The quantitative estimate of drug-likeness (QED) is 0.698. The third-order valence-electron chi connectivity index (χ3n) is 3.00. The summed E-state index contributed by atoms with van der Waals surface area (Å²) in [6, 6.07) is 1.90. The molecule has 1 aromatic rings. The fourth-order valence-electron chi connectivity index (χ4n) is 2.04. The molecule has 1 aromatic heterocycles. The van der Waals surface area contributed by atoms with E-state index in [9.17, 15) is 15.0 Å². The van der Waals surface area contributed by atoms with Crippen LogP contribution >= 0.6 is 0 Å². The lowest BCUT2D eigenvalue weighted by atomic mass is 10.3. The third kappa shape index (κ3) is 2.48. The minimum absolute atomic E-state index is 0.133. The molecule has 2 N–H and O–H groups in total. The van der Waals surface area contributed by atoms with Gasteiger partial charge in [-0.2, -0.15) is 5.10 Å². The second-order valence-corrected chi connectivity index (χ2v) is 4.52. The second kappa shape index (κ2) is 4.46. The van der Waals surface area contributed by atoms with E-state index in [-0.39, 0.29) is 25.5 Å². The first-order chi connectivity index (χ1) is 7.97. The number of β-amino-alcohol motifs (C(OH)–C–C–N with tert-alkyl or cyclic N) is 2. The van der Waals surface area contributed by atoms with E-state index in [1.54, 1.807) is 4.68 Å². The van der Waals surface area contributed by atoms with Crippen LogP contribution in [0.25, 0.3) is 0 Å². The van der Waals surface area contributed by atoms with Crippen LogP contribution in [0.1, 0.15) is 11.4 Å². The van der Waals surface area contributed by atoms with Crippen molar-refractivity contribution in [3.63, 3.8) is 0 Å². The van der Waals surface area contributed by atoms with Gasteiger partial charge < -0.3 is 15.1 Å². The maximum absolute atomic E-state index is 11.9. The van der Waals surface area contributed by atoms with Crippen LogP contribution in [0.3, 0.4) is 0 Å². The zero-order valence-corrected chi connectivity index (χ0v) is 10.00. The summed E-state index contributed by atoms with van der Waals surface area (Å²) < 4.78 is 1.63.